The lowest BCUT2D eigenvalue weighted by molar-refractivity contribution is 0.286. The van der Waals surface area contributed by atoms with E-state index in [0.29, 0.717) is 0 Å². The summed E-state index contributed by atoms with van der Waals surface area (Å²) in [5.74, 6) is 5.62. The van der Waals surface area contributed by atoms with E-state index >= 15 is 0 Å². The van der Waals surface area contributed by atoms with Crippen molar-refractivity contribution in [3.05, 3.63) is 47.2 Å². The van der Waals surface area contributed by atoms with Gasteiger partial charge in [-0.2, -0.15) is 0 Å². The molecule has 0 heteroatoms. The predicted molar refractivity (Wildman–Crippen MR) is 95.6 cm³/mol. The molecule has 0 nitrogen and oxygen atoms in total. The molecule has 0 spiro atoms. The van der Waals surface area contributed by atoms with E-state index in [0.717, 1.165) is 11.8 Å². The Kier molecular flexibility index (Phi) is 5.61. The number of hydrogen-bond donors (Lipinski definition) is 0. The molecule has 2 aliphatic carbocycles. The largest absolute Gasteiger partial charge is 0.0591 e. The van der Waals surface area contributed by atoms with Gasteiger partial charge in [-0.05, 0) is 100 Å². The first-order valence-electron chi connectivity index (χ1n) is 9.42. The molecule has 0 atom stereocenters. The first-order valence-corrected chi connectivity index (χ1v) is 9.42. The minimum Gasteiger partial charge on any atom is -0.0591 e. The summed E-state index contributed by atoms with van der Waals surface area (Å²) in [5.41, 5.74) is 2.90. The van der Waals surface area contributed by atoms with Crippen molar-refractivity contribution in [2.45, 2.75) is 78.1 Å². The van der Waals surface area contributed by atoms with E-state index in [1.54, 1.807) is 5.92 Å². The van der Waals surface area contributed by atoms with Crippen molar-refractivity contribution in [1.29, 1.82) is 0 Å². The summed E-state index contributed by atoms with van der Waals surface area (Å²) in [7, 11) is 0. The molecule has 120 valence electrons. The van der Waals surface area contributed by atoms with Crippen LogP contribution < -0.4 is 0 Å². The van der Waals surface area contributed by atoms with Crippen LogP contribution in [0.25, 0.3) is 0 Å². The van der Waals surface area contributed by atoms with E-state index in [4.69, 9.17) is 0 Å². The molecule has 0 bridgehead atoms. The van der Waals surface area contributed by atoms with Crippen LogP contribution in [0.5, 0.6) is 0 Å². The molecule has 0 saturated heterocycles. The van der Waals surface area contributed by atoms with Crippen LogP contribution in [0.1, 0.15) is 75.8 Å². The Morgan fingerprint density at radius 1 is 0.818 bits per heavy atom. The monoisotopic (exact) mass is 296 g/mol. The Bertz CT molecular complexity index is 428. The summed E-state index contributed by atoms with van der Waals surface area (Å²) < 4.78 is 0. The molecule has 1 aromatic carbocycles. The van der Waals surface area contributed by atoms with Crippen molar-refractivity contribution in [3.8, 4) is 0 Å². The van der Waals surface area contributed by atoms with Gasteiger partial charge in [-0.1, -0.05) is 36.8 Å². The Hall–Kier alpha value is -0.780. The lowest BCUT2D eigenvalue weighted by atomic mass is 9.69. The molecular formula is C22H32. The number of aryl methyl sites for hydroxylation is 2. The Labute approximate surface area is 137 Å². The summed E-state index contributed by atoms with van der Waals surface area (Å²) in [6.45, 7) is 4.52. The maximum Gasteiger partial charge on any atom is -0.0210 e. The standard InChI is InChI=1S/C22H32/c1-17-3-7-19(8-4-17)9-10-20-11-15-22(16-12-20)21-13-5-18(2)6-14-21/h3-4,7-8,20-21H,5-6,9-16H2,1-2H3. The fourth-order valence-corrected chi connectivity index (χ4v) is 4.39. The van der Waals surface area contributed by atoms with Gasteiger partial charge < -0.3 is 0 Å². The van der Waals surface area contributed by atoms with Gasteiger partial charge in [0.15, 0.2) is 0 Å². The zero-order valence-electron chi connectivity index (χ0n) is 14.5. The smallest absolute Gasteiger partial charge is 0.0210 e. The van der Waals surface area contributed by atoms with E-state index in [2.05, 4.69) is 38.1 Å². The van der Waals surface area contributed by atoms with Crippen molar-refractivity contribution >= 4 is 0 Å². The second kappa shape index (κ2) is 7.66. The molecule has 3 rings (SSSR count). The quantitative estimate of drug-likeness (QED) is 0.596. The third-order valence-corrected chi connectivity index (χ3v) is 6.13. The SMILES string of the molecule is C[C]1CCC([C]2CCC(CCc3ccc(C)cc3)CC2)CC1. The van der Waals surface area contributed by atoms with Crippen LogP contribution in [-0.4, -0.2) is 0 Å². The highest BCUT2D eigenvalue weighted by molar-refractivity contribution is 5.21. The molecule has 0 heterocycles. The Morgan fingerprint density at radius 2 is 1.45 bits per heavy atom. The maximum absolute atomic E-state index is 2.35. The van der Waals surface area contributed by atoms with Gasteiger partial charge in [-0.25, -0.2) is 0 Å². The zero-order valence-corrected chi connectivity index (χ0v) is 14.5. The van der Waals surface area contributed by atoms with Crippen LogP contribution in [0.15, 0.2) is 24.3 Å². The molecular weight excluding hydrogens is 264 g/mol. The molecule has 0 unspecified atom stereocenters. The van der Waals surface area contributed by atoms with Crippen LogP contribution in [0.3, 0.4) is 0 Å². The molecule has 2 saturated carbocycles. The molecule has 2 aliphatic rings. The molecule has 0 amide bonds. The lowest BCUT2D eigenvalue weighted by Gasteiger charge is -2.36. The van der Waals surface area contributed by atoms with Gasteiger partial charge in [0.05, 0.1) is 0 Å². The second-order valence-electron chi connectivity index (χ2n) is 7.86. The topological polar surface area (TPSA) is 0 Å². The minimum atomic E-state index is 0.974. The van der Waals surface area contributed by atoms with Gasteiger partial charge in [0.1, 0.15) is 0 Å². The lowest BCUT2D eigenvalue weighted by Crippen LogP contribution is -2.23. The van der Waals surface area contributed by atoms with Gasteiger partial charge in [-0.3, -0.25) is 0 Å². The van der Waals surface area contributed by atoms with Crippen LogP contribution >= 0.6 is 0 Å². The molecule has 0 aromatic heterocycles. The highest BCUT2D eigenvalue weighted by Gasteiger charge is 2.30. The van der Waals surface area contributed by atoms with Gasteiger partial charge in [0.2, 0.25) is 0 Å². The van der Waals surface area contributed by atoms with Crippen molar-refractivity contribution in [1.82, 2.24) is 0 Å². The zero-order chi connectivity index (χ0) is 15.4. The number of hydrogen-bond acceptors (Lipinski definition) is 0. The van der Waals surface area contributed by atoms with Gasteiger partial charge >= 0.3 is 0 Å². The highest BCUT2D eigenvalue weighted by Crippen LogP contribution is 2.43. The second-order valence-corrected chi connectivity index (χ2v) is 7.86. The van der Waals surface area contributed by atoms with Crippen molar-refractivity contribution in [2.24, 2.45) is 11.8 Å². The Balaban J connectivity index is 1.39. The molecule has 2 radical (unpaired) electrons. The van der Waals surface area contributed by atoms with Crippen LogP contribution in [0.2, 0.25) is 0 Å². The molecule has 2 fully saturated rings. The fraction of sp³-hybridized carbons (Fsp3) is 0.636. The summed E-state index contributed by atoms with van der Waals surface area (Å²) in [4.78, 5) is 0. The number of benzene rings is 1. The summed E-state index contributed by atoms with van der Waals surface area (Å²) in [6, 6.07) is 9.14. The molecule has 1 aromatic rings. The summed E-state index contributed by atoms with van der Waals surface area (Å²) in [5, 5.41) is 0. The third-order valence-electron chi connectivity index (χ3n) is 6.13. The maximum atomic E-state index is 2.35. The normalized spacial score (nSPS) is 23.0. The fourth-order valence-electron chi connectivity index (χ4n) is 4.39. The van der Waals surface area contributed by atoms with Crippen molar-refractivity contribution in [2.75, 3.05) is 0 Å². The molecule has 0 N–H and O–H groups in total. The first kappa shape index (κ1) is 16.1. The van der Waals surface area contributed by atoms with Crippen LogP contribution in [-0.2, 0) is 6.42 Å². The minimum absolute atomic E-state index is 0.974. The third kappa shape index (κ3) is 4.37. The van der Waals surface area contributed by atoms with Crippen molar-refractivity contribution < 1.29 is 0 Å². The highest BCUT2D eigenvalue weighted by atomic mass is 14.3. The van der Waals surface area contributed by atoms with Gasteiger partial charge in [0, 0.05) is 0 Å². The van der Waals surface area contributed by atoms with Gasteiger partial charge in [-0.15, -0.1) is 0 Å². The van der Waals surface area contributed by atoms with Crippen molar-refractivity contribution in [3.63, 3.8) is 0 Å². The average Bonchev–Trinajstić information content (AvgIpc) is 2.56. The van der Waals surface area contributed by atoms with E-state index in [1.165, 1.54) is 75.3 Å². The molecule has 0 aliphatic heterocycles. The average molecular weight is 296 g/mol. The van der Waals surface area contributed by atoms with Crippen LogP contribution in [0.4, 0.5) is 0 Å². The van der Waals surface area contributed by atoms with E-state index in [1.807, 2.05) is 5.92 Å². The van der Waals surface area contributed by atoms with Crippen LogP contribution in [0, 0.1) is 30.6 Å². The summed E-state index contributed by atoms with van der Waals surface area (Å²) in [6.07, 6.45) is 14.2. The predicted octanol–water partition coefficient (Wildman–Crippen LogP) is 6.48. The van der Waals surface area contributed by atoms with E-state index in [-0.39, 0.29) is 0 Å². The van der Waals surface area contributed by atoms with E-state index in [9.17, 15) is 0 Å². The van der Waals surface area contributed by atoms with Gasteiger partial charge in [0.25, 0.3) is 0 Å². The molecule has 22 heavy (non-hydrogen) atoms. The Morgan fingerprint density at radius 3 is 2.09 bits per heavy atom. The van der Waals surface area contributed by atoms with E-state index < -0.39 is 0 Å². The number of rotatable bonds is 4. The summed E-state index contributed by atoms with van der Waals surface area (Å²) >= 11 is 0. The first-order chi connectivity index (χ1) is 10.7.